The van der Waals surface area contributed by atoms with Gasteiger partial charge in [0, 0.05) is 24.0 Å². The van der Waals surface area contributed by atoms with Crippen LogP contribution in [0.2, 0.25) is 0 Å². The van der Waals surface area contributed by atoms with Crippen LogP contribution < -0.4 is 5.32 Å². The van der Waals surface area contributed by atoms with E-state index >= 15 is 0 Å². The van der Waals surface area contributed by atoms with Gasteiger partial charge in [0.05, 0.1) is 0 Å². The van der Waals surface area contributed by atoms with Crippen LogP contribution in [0.1, 0.15) is 41.0 Å². The summed E-state index contributed by atoms with van der Waals surface area (Å²) >= 11 is 0. The molecule has 0 heterocycles. The van der Waals surface area contributed by atoms with Gasteiger partial charge in [0.15, 0.2) is 0 Å². The van der Waals surface area contributed by atoms with Crippen molar-refractivity contribution in [1.29, 1.82) is 0 Å². The Morgan fingerprint density at radius 1 is 1.38 bits per heavy atom. The molecule has 0 radical (unpaired) electrons. The fourth-order valence-corrected chi connectivity index (χ4v) is 1.13. The monoisotopic (exact) mass is 182 g/mol. The smallest absolute Gasteiger partial charge is 0.0446 e. The molecule has 0 aromatic carbocycles. The number of allylic oxidation sites excluding steroid dienone is 2. The number of rotatable bonds is 5. The van der Waals surface area contributed by atoms with Gasteiger partial charge in [-0.1, -0.05) is 6.92 Å². The highest BCUT2D eigenvalue weighted by Gasteiger charge is 1.91. The second kappa shape index (κ2) is 6.70. The molecule has 0 spiro atoms. The van der Waals surface area contributed by atoms with Crippen molar-refractivity contribution in [1.82, 2.24) is 5.32 Å². The van der Waals surface area contributed by atoms with Gasteiger partial charge >= 0.3 is 0 Å². The number of aliphatic imine (C=N–C) groups is 1. The lowest BCUT2D eigenvalue weighted by Gasteiger charge is -2.04. The van der Waals surface area contributed by atoms with Crippen molar-refractivity contribution in [3.05, 3.63) is 11.8 Å². The summed E-state index contributed by atoms with van der Waals surface area (Å²) in [5.41, 5.74) is 2.29. The fourth-order valence-electron chi connectivity index (χ4n) is 1.13. The van der Waals surface area contributed by atoms with Crippen LogP contribution in [0.25, 0.3) is 0 Å². The highest BCUT2D eigenvalue weighted by molar-refractivity contribution is 5.93. The van der Waals surface area contributed by atoms with Gasteiger partial charge in [-0.25, -0.2) is 0 Å². The molecule has 1 N–H and O–H groups in total. The zero-order chi connectivity index (χ0) is 10.3. The molecule has 0 amide bonds. The summed E-state index contributed by atoms with van der Waals surface area (Å²) in [6.45, 7) is 11.5. The van der Waals surface area contributed by atoms with Crippen molar-refractivity contribution in [3.8, 4) is 0 Å². The van der Waals surface area contributed by atoms with Gasteiger partial charge in [0.25, 0.3) is 0 Å². The van der Waals surface area contributed by atoms with E-state index in [2.05, 4.69) is 44.1 Å². The van der Waals surface area contributed by atoms with Crippen molar-refractivity contribution in [2.75, 3.05) is 6.54 Å². The first-order chi connectivity index (χ1) is 6.06. The Kier molecular flexibility index (Phi) is 6.29. The third-order valence-corrected chi connectivity index (χ3v) is 1.54. The lowest BCUT2D eigenvalue weighted by molar-refractivity contribution is 0.770. The summed E-state index contributed by atoms with van der Waals surface area (Å²) in [6, 6.07) is 0.384. The van der Waals surface area contributed by atoms with Gasteiger partial charge < -0.3 is 5.32 Å². The van der Waals surface area contributed by atoms with Crippen LogP contribution in [0, 0.1) is 0 Å². The molecule has 0 aromatic rings. The molecule has 0 aliphatic rings. The molecule has 0 aliphatic carbocycles. The molecule has 0 fully saturated rings. The Labute approximate surface area is 82.1 Å². The van der Waals surface area contributed by atoms with Gasteiger partial charge in [-0.2, -0.15) is 0 Å². The molecule has 0 rings (SSSR count). The molecule has 0 aromatic heterocycles. The molecule has 0 saturated carbocycles. The topological polar surface area (TPSA) is 24.4 Å². The zero-order valence-corrected chi connectivity index (χ0v) is 9.52. The van der Waals surface area contributed by atoms with Crippen molar-refractivity contribution >= 4 is 5.71 Å². The van der Waals surface area contributed by atoms with E-state index in [9.17, 15) is 0 Å². The predicted octanol–water partition coefficient (Wildman–Crippen LogP) is 2.76. The summed E-state index contributed by atoms with van der Waals surface area (Å²) in [6.07, 6.45) is 3.25. The number of nitrogens with zero attached hydrogens (tertiary/aromatic N) is 1. The predicted molar refractivity (Wildman–Crippen MR) is 60.3 cm³/mol. The Balaban J connectivity index is 4.05. The second-order valence-corrected chi connectivity index (χ2v) is 3.62. The van der Waals surface area contributed by atoms with Crippen LogP contribution in [-0.2, 0) is 0 Å². The third-order valence-electron chi connectivity index (χ3n) is 1.54. The first-order valence-corrected chi connectivity index (χ1v) is 5.02. The highest BCUT2D eigenvalue weighted by atomic mass is 14.9. The minimum atomic E-state index is 0.384. The quantitative estimate of drug-likeness (QED) is 0.650. The SMILES string of the molecule is CCCN/C(C)=C\C(C)=N\C(C)C. The van der Waals surface area contributed by atoms with Crippen LogP contribution in [0.3, 0.4) is 0 Å². The summed E-state index contributed by atoms with van der Waals surface area (Å²) < 4.78 is 0. The third kappa shape index (κ3) is 7.57. The van der Waals surface area contributed by atoms with Gasteiger partial charge in [-0.3, -0.25) is 4.99 Å². The average Bonchev–Trinajstić information content (AvgIpc) is 1.98. The van der Waals surface area contributed by atoms with Crippen molar-refractivity contribution in [2.24, 2.45) is 4.99 Å². The molecule has 0 atom stereocenters. The van der Waals surface area contributed by atoms with Gasteiger partial charge in [0.2, 0.25) is 0 Å². The Morgan fingerprint density at radius 3 is 2.46 bits per heavy atom. The molecule has 13 heavy (non-hydrogen) atoms. The first-order valence-electron chi connectivity index (χ1n) is 5.02. The molecule has 0 unspecified atom stereocenters. The molecule has 0 aliphatic heterocycles. The summed E-state index contributed by atoms with van der Waals surface area (Å²) in [5.74, 6) is 0. The van der Waals surface area contributed by atoms with Crippen LogP contribution >= 0.6 is 0 Å². The molecule has 2 nitrogen and oxygen atoms in total. The first kappa shape index (κ1) is 12.2. The standard InChI is InChI=1S/C11H22N2/c1-6-7-12-10(4)8-11(5)13-9(2)3/h8-9,12H,6-7H2,1-5H3/b10-8-,13-11+. The minimum Gasteiger partial charge on any atom is -0.389 e. The largest absolute Gasteiger partial charge is 0.389 e. The maximum atomic E-state index is 4.43. The number of hydrogen-bond donors (Lipinski definition) is 1. The lowest BCUT2D eigenvalue weighted by Crippen LogP contribution is -2.12. The fraction of sp³-hybridized carbons (Fsp3) is 0.727. The minimum absolute atomic E-state index is 0.384. The van der Waals surface area contributed by atoms with E-state index in [1.807, 2.05) is 6.92 Å². The van der Waals surface area contributed by atoms with E-state index in [1.54, 1.807) is 0 Å². The summed E-state index contributed by atoms with van der Waals surface area (Å²) in [5, 5.41) is 3.32. The van der Waals surface area contributed by atoms with Crippen molar-refractivity contribution in [2.45, 2.75) is 47.1 Å². The maximum Gasteiger partial charge on any atom is 0.0446 e. The lowest BCUT2D eigenvalue weighted by atomic mass is 10.3. The zero-order valence-electron chi connectivity index (χ0n) is 9.52. The normalized spacial score (nSPS) is 13.7. The van der Waals surface area contributed by atoms with Crippen molar-refractivity contribution < 1.29 is 0 Å². The molecule has 0 saturated heterocycles. The van der Waals surface area contributed by atoms with Gasteiger partial charge in [-0.15, -0.1) is 0 Å². The molecule has 2 heteroatoms. The second-order valence-electron chi connectivity index (χ2n) is 3.62. The van der Waals surface area contributed by atoms with Crippen LogP contribution in [0.4, 0.5) is 0 Å². The van der Waals surface area contributed by atoms with E-state index in [1.165, 1.54) is 5.70 Å². The van der Waals surface area contributed by atoms with E-state index < -0.39 is 0 Å². The molecule has 0 bridgehead atoms. The highest BCUT2D eigenvalue weighted by Crippen LogP contribution is 1.93. The van der Waals surface area contributed by atoms with E-state index in [4.69, 9.17) is 0 Å². The average molecular weight is 182 g/mol. The van der Waals surface area contributed by atoms with Crippen molar-refractivity contribution in [3.63, 3.8) is 0 Å². The van der Waals surface area contributed by atoms with E-state index in [0.29, 0.717) is 6.04 Å². The maximum absolute atomic E-state index is 4.43. The van der Waals surface area contributed by atoms with Crippen LogP contribution in [-0.4, -0.2) is 18.3 Å². The number of nitrogens with one attached hydrogen (secondary N) is 1. The number of hydrogen-bond acceptors (Lipinski definition) is 2. The molecular weight excluding hydrogens is 160 g/mol. The Morgan fingerprint density at radius 2 is 2.00 bits per heavy atom. The van der Waals surface area contributed by atoms with Gasteiger partial charge in [-0.05, 0) is 40.2 Å². The van der Waals surface area contributed by atoms with Crippen LogP contribution in [0.5, 0.6) is 0 Å². The molecular formula is C11H22N2. The van der Waals surface area contributed by atoms with Crippen LogP contribution in [0.15, 0.2) is 16.8 Å². The van der Waals surface area contributed by atoms with Gasteiger partial charge in [0.1, 0.15) is 0 Å². The van der Waals surface area contributed by atoms with E-state index in [0.717, 1.165) is 18.7 Å². The van der Waals surface area contributed by atoms with E-state index in [-0.39, 0.29) is 0 Å². The Bertz CT molecular complexity index is 190. The summed E-state index contributed by atoms with van der Waals surface area (Å²) in [4.78, 5) is 4.43. The Hall–Kier alpha value is -0.790. The molecule has 76 valence electrons. The summed E-state index contributed by atoms with van der Waals surface area (Å²) in [7, 11) is 0.